The summed E-state index contributed by atoms with van der Waals surface area (Å²) in [5, 5.41) is 9.04. The van der Waals surface area contributed by atoms with Crippen molar-refractivity contribution in [3.63, 3.8) is 0 Å². The summed E-state index contributed by atoms with van der Waals surface area (Å²) in [5.41, 5.74) is 2.48. The molecular formula is C23H30O3. The van der Waals surface area contributed by atoms with Crippen molar-refractivity contribution < 1.29 is 14.6 Å². The van der Waals surface area contributed by atoms with Crippen LogP contribution in [0, 0.1) is 5.92 Å². The minimum absolute atomic E-state index is 0.124. The van der Waals surface area contributed by atoms with Crippen molar-refractivity contribution in [1.29, 1.82) is 0 Å². The highest BCUT2D eigenvalue weighted by atomic mass is 16.5. The normalized spacial score (nSPS) is 26.8. The second-order valence-electron chi connectivity index (χ2n) is 7.54. The molecule has 1 N–H and O–H groups in total. The topological polar surface area (TPSA) is 38.7 Å². The van der Waals surface area contributed by atoms with Crippen molar-refractivity contribution in [2.75, 3.05) is 0 Å². The summed E-state index contributed by atoms with van der Waals surface area (Å²) >= 11 is 0. The van der Waals surface area contributed by atoms with E-state index in [9.17, 15) is 0 Å². The molecule has 0 spiro atoms. The molecule has 0 aliphatic heterocycles. The fourth-order valence-corrected chi connectivity index (χ4v) is 3.22. The van der Waals surface area contributed by atoms with Crippen LogP contribution in [0.3, 0.4) is 0 Å². The largest absolute Gasteiger partial charge is 0.393 e. The Morgan fingerprint density at radius 2 is 1.15 bits per heavy atom. The third kappa shape index (κ3) is 6.24. The van der Waals surface area contributed by atoms with Crippen LogP contribution in [0.5, 0.6) is 0 Å². The van der Waals surface area contributed by atoms with Crippen molar-refractivity contribution in [2.24, 2.45) is 5.92 Å². The molecule has 3 nitrogen and oxygen atoms in total. The zero-order valence-corrected chi connectivity index (χ0v) is 15.6. The Morgan fingerprint density at radius 3 is 1.54 bits per heavy atom. The number of aliphatic hydroxyl groups excluding tert-OH is 1. The van der Waals surface area contributed by atoms with E-state index < -0.39 is 0 Å². The molecule has 2 saturated carbocycles. The minimum atomic E-state index is -0.124. The Bertz CT molecular complexity index is 559. The molecule has 0 heterocycles. The molecule has 2 aliphatic rings. The molecule has 4 rings (SSSR count). The molecule has 2 aromatic carbocycles. The molecule has 26 heavy (non-hydrogen) atoms. The van der Waals surface area contributed by atoms with Crippen molar-refractivity contribution in [3.05, 3.63) is 71.8 Å². The molecule has 2 fully saturated rings. The van der Waals surface area contributed by atoms with Crippen LogP contribution in [0.2, 0.25) is 0 Å². The second-order valence-corrected chi connectivity index (χ2v) is 7.54. The van der Waals surface area contributed by atoms with E-state index >= 15 is 0 Å². The molecule has 0 saturated heterocycles. The van der Waals surface area contributed by atoms with E-state index in [4.69, 9.17) is 14.6 Å². The van der Waals surface area contributed by atoms with Gasteiger partial charge in [-0.05, 0) is 42.7 Å². The molecule has 3 heteroatoms. The van der Waals surface area contributed by atoms with Crippen LogP contribution in [0.15, 0.2) is 60.7 Å². The number of benzene rings is 2. The molecule has 0 unspecified atom stereocenters. The molecule has 2 aliphatic carbocycles. The first kappa shape index (κ1) is 19.1. The second kappa shape index (κ2) is 9.86. The fraction of sp³-hybridized carbons (Fsp3) is 0.478. The van der Waals surface area contributed by atoms with Gasteiger partial charge in [-0.3, -0.25) is 0 Å². The van der Waals surface area contributed by atoms with Gasteiger partial charge in [-0.2, -0.15) is 0 Å². The summed E-state index contributed by atoms with van der Waals surface area (Å²) < 4.78 is 11.3. The lowest BCUT2D eigenvalue weighted by molar-refractivity contribution is -0.0778. The summed E-state index contributed by atoms with van der Waals surface area (Å²) in [6.07, 6.45) is 4.76. The van der Waals surface area contributed by atoms with Crippen molar-refractivity contribution >= 4 is 0 Å². The van der Waals surface area contributed by atoms with Crippen molar-refractivity contribution in [3.8, 4) is 0 Å². The Kier molecular flexibility index (Phi) is 7.24. The number of hydrogen-bond acceptors (Lipinski definition) is 3. The lowest BCUT2D eigenvalue weighted by atomic mass is 9.84. The summed E-state index contributed by atoms with van der Waals surface area (Å²) in [5.74, 6) is 0.876. The highest BCUT2D eigenvalue weighted by Gasteiger charge is 2.27. The van der Waals surface area contributed by atoms with E-state index in [1.807, 2.05) is 24.3 Å². The SMILES string of the molecule is CC1CC(OCc2ccccc2)C1.OC1CC(OCc2ccccc2)C1. The quantitative estimate of drug-likeness (QED) is 0.815. The molecule has 140 valence electrons. The van der Waals surface area contributed by atoms with Gasteiger partial charge in [0.15, 0.2) is 0 Å². The first-order valence-corrected chi connectivity index (χ1v) is 9.68. The van der Waals surface area contributed by atoms with E-state index in [1.165, 1.54) is 24.0 Å². The molecule has 0 aromatic heterocycles. The Hall–Kier alpha value is -1.68. The molecule has 0 radical (unpaired) electrons. The summed E-state index contributed by atoms with van der Waals surface area (Å²) in [6, 6.07) is 20.5. The average molecular weight is 354 g/mol. The van der Waals surface area contributed by atoms with Gasteiger partial charge in [-0.1, -0.05) is 67.6 Å². The summed E-state index contributed by atoms with van der Waals surface area (Å²) in [4.78, 5) is 0. The first-order chi connectivity index (χ1) is 12.7. The highest BCUT2D eigenvalue weighted by Crippen LogP contribution is 2.29. The summed E-state index contributed by atoms with van der Waals surface area (Å²) in [7, 11) is 0. The van der Waals surface area contributed by atoms with E-state index in [1.54, 1.807) is 0 Å². The van der Waals surface area contributed by atoms with Gasteiger partial charge in [0.25, 0.3) is 0 Å². The molecule has 0 amide bonds. The standard InChI is InChI=1S/C12H16O.C11H14O2/c1-10-7-12(8-10)13-9-11-5-3-2-4-6-11;12-10-6-11(7-10)13-8-9-4-2-1-3-5-9/h2-6,10,12H,7-9H2,1H3;1-5,10-12H,6-8H2. The molecule has 0 bridgehead atoms. The number of hydrogen-bond donors (Lipinski definition) is 1. The maximum Gasteiger partial charge on any atom is 0.0720 e. The number of aliphatic hydroxyl groups is 1. The van der Waals surface area contributed by atoms with Crippen LogP contribution >= 0.6 is 0 Å². The average Bonchev–Trinajstić information content (AvgIpc) is 2.63. The van der Waals surface area contributed by atoms with Gasteiger partial charge in [0, 0.05) is 0 Å². The van der Waals surface area contributed by atoms with E-state index in [0.29, 0.717) is 12.7 Å². The number of rotatable bonds is 6. The van der Waals surface area contributed by atoms with Crippen LogP contribution in [0.25, 0.3) is 0 Å². The predicted molar refractivity (Wildman–Crippen MR) is 104 cm³/mol. The lowest BCUT2D eigenvalue weighted by Gasteiger charge is -2.32. The third-order valence-corrected chi connectivity index (χ3v) is 5.06. The van der Waals surface area contributed by atoms with E-state index in [0.717, 1.165) is 25.4 Å². The molecular weight excluding hydrogens is 324 g/mol. The van der Waals surface area contributed by atoms with Crippen LogP contribution in [0.1, 0.15) is 43.7 Å². The maximum atomic E-state index is 9.04. The van der Waals surface area contributed by atoms with Crippen molar-refractivity contribution in [2.45, 2.75) is 64.1 Å². The first-order valence-electron chi connectivity index (χ1n) is 9.68. The van der Waals surface area contributed by atoms with Crippen LogP contribution in [-0.4, -0.2) is 23.4 Å². The van der Waals surface area contributed by atoms with Gasteiger partial charge >= 0.3 is 0 Å². The zero-order chi connectivity index (χ0) is 18.2. The van der Waals surface area contributed by atoms with E-state index in [-0.39, 0.29) is 12.2 Å². The van der Waals surface area contributed by atoms with Crippen LogP contribution in [-0.2, 0) is 22.7 Å². The predicted octanol–water partition coefficient (Wildman–Crippen LogP) is 4.73. The Labute approximate surface area is 157 Å². The highest BCUT2D eigenvalue weighted by molar-refractivity contribution is 5.14. The monoisotopic (exact) mass is 354 g/mol. The third-order valence-electron chi connectivity index (χ3n) is 5.06. The van der Waals surface area contributed by atoms with Crippen LogP contribution in [0.4, 0.5) is 0 Å². The Morgan fingerprint density at radius 1 is 0.731 bits per heavy atom. The maximum absolute atomic E-state index is 9.04. The van der Waals surface area contributed by atoms with Gasteiger partial charge in [-0.15, -0.1) is 0 Å². The summed E-state index contributed by atoms with van der Waals surface area (Å²) in [6.45, 7) is 3.72. The zero-order valence-electron chi connectivity index (χ0n) is 15.6. The fourth-order valence-electron chi connectivity index (χ4n) is 3.22. The van der Waals surface area contributed by atoms with Crippen LogP contribution < -0.4 is 0 Å². The van der Waals surface area contributed by atoms with Gasteiger partial charge in [0.1, 0.15) is 0 Å². The van der Waals surface area contributed by atoms with Crippen molar-refractivity contribution in [1.82, 2.24) is 0 Å². The number of ether oxygens (including phenoxy) is 2. The van der Waals surface area contributed by atoms with Gasteiger partial charge in [0.05, 0.1) is 31.5 Å². The molecule has 2 aromatic rings. The minimum Gasteiger partial charge on any atom is -0.393 e. The van der Waals surface area contributed by atoms with Gasteiger partial charge in [-0.25, -0.2) is 0 Å². The van der Waals surface area contributed by atoms with E-state index in [2.05, 4.69) is 43.3 Å². The van der Waals surface area contributed by atoms with Gasteiger partial charge < -0.3 is 14.6 Å². The lowest BCUT2D eigenvalue weighted by Crippen LogP contribution is -2.35. The Balaban J connectivity index is 0.000000151. The molecule has 0 atom stereocenters. The van der Waals surface area contributed by atoms with Gasteiger partial charge in [0.2, 0.25) is 0 Å². The smallest absolute Gasteiger partial charge is 0.0720 e.